The van der Waals surface area contributed by atoms with Crippen LogP contribution >= 0.6 is 15.6 Å². The normalized spacial score (nSPS) is 19.1. The van der Waals surface area contributed by atoms with Gasteiger partial charge in [-0.2, -0.15) is 0 Å². The van der Waals surface area contributed by atoms with Crippen LogP contribution in [0.15, 0.2) is 24.3 Å². The van der Waals surface area contributed by atoms with Gasteiger partial charge in [-0.15, -0.1) is 0 Å². The summed E-state index contributed by atoms with van der Waals surface area (Å²) < 4.78 is 47.0. The Labute approximate surface area is 303 Å². The molecule has 0 fully saturated rings. The zero-order chi connectivity index (χ0) is 38.1. The Morgan fingerprint density at radius 2 is 1.49 bits per heavy atom. The molecule has 5 unspecified atom stereocenters. The second kappa shape index (κ2) is 18.6. The van der Waals surface area contributed by atoms with Crippen molar-refractivity contribution in [3.63, 3.8) is 0 Å². The first-order valence-electron chi connectivity index (χ1n) is 18.2. The fraction of sp³-hybridized carbons (Fsp3) is 0.676. The third-order valence-electron chi connectivity index (χ3n) is 10.2. The van der Waals surface area contributed by atoms with Crippen LogP contribution in [0.25, 0.3) is 0 Å². The molecule has 0 amide bonds. The van der Waals surface area contributed by atoms with Crippen molar-refractivity contribution in [1.29, 1.82) is 0 Å². The minimum Gasteiger partial charge on any atom is -0.487 e. The second-order valence-corrected chi connectivity index (χ2v) is 17.7. The van der Waals surface area contributed by atoms with Gasteiger partial charge in [0.2, 0.25) is 0 Å². The van der Waals surface area contributed by atoms with Crippen molar-refractivity contribution in [3.8, 4) is 11.5 Å². The van der Waals surface area contributed by atoms with Crippen LogP contribution in [0.3, 0.4) is 0 Å². The molecule has 0 spiro atoms. The number of para-hydroxylation sites is 1. The molecule has 2 aromatic rings. The van der Waals surface area contributed by atoms with Crippen molar-refractivity contribution in [2.24, 2.45) is 17.8 Å². The molecule has 288 valence electrons. The highest BCUT2D eigenvalue weighted by molar-refractivity contribution is 7.47. The number of phosphoric ester groups is 2. The summed E-state index contributed by atoms with van der Waals surface area (Å²) in [5, 5.41) is 11.5. The molecule has 0 aromatic heterocycles. The molecule has 14 heteroatoms. The average molecular weight is 756 g/mol. The summed E-state index contributed by atoms with van der Waals surface area (Å²) in [6.45, 7) is 16.0. The Balaban J connectivity index is 1.63. The van der Waals surface area contributed by atoms with E-state index in [9.17, 15) is 33.9 Å². The number of fused-ring (bicyclic) bond motifs is 1. The largest absolute Gasteiger partial charge is 0.527 e. The van der Waals surface area contributed by atoms with E-state index in [1.165, 1.54) is 56.7 Å². The van der Waals surface area contributed by atoms with Crippen molar-refractivity contribution in [1.82, 2.24) is 0 Å². The van der Waals surface area contributed by atoms with Gasteiger partial charge in [0.25, 0.3) is 5.69 Å². The Hall–Kier alpha value is -2.30. The van der Waals surface area contributed by atoms with E-state index in [4.69, 9.17) is 18.3 Å². The molecule has 1 aliphatic rings. The molecule has 3 N–H and O–H groups in total. The van der Waals surface area contributed by atoms with Gasteiger partial charge in [-0.3, -0.25) is 24.1 Å². The van der Waals surface area contributed by atoms with Crippen LogP contribution in [0.2, 0.25) is 0 Å². The smallest absolute Gasteiger partial charge is 0.487 e. The monoisotopic (exact) mass is 755 g/mol. The van der Waals surface area contributed by atoms with E-state index in [2.05, 4.69) is 34.6 Å². The van der Waals surface area contributed by atoms with Crippen molar-refractivity contribution < 1.29 is 47.0 Å². The maximum absolute atomic E-state index is 13.2. The average Bonchev–Trinajstić information content (AvgIpc) is 3.03. The van der Waals surface area contributed by atoms with Crippen molar-refractivity contribution >= 4 is 21.3 Å². The molecular formula is C37H59NO11P2. The van der Waals surface area contributed by atoms with Crippen LogP contribution in [0.1, 0.15) is 133 Å². The molecular weight excluding hydrogens is 696 g/mol. The van der Waals surface area contributed by atoms with Gasteiger partial charge in [0.15, 0.2) is 0 Å². The first-order chi connectivity index (χ1) is 23.7. The Kier molecular flexibility index (Phi) is 15.8. The molecule has 2 aromatic carbocycles. The Morgan fingerprint density at radius 3 is 2.08 bits per heavy atom. The fourth-order valence-corrected chi connectivity index (χ4v) is 8.36. The summed E-state index contributed by atoms with van der Waals surface area (Å²) in [4.78, 5) is 40.4. The van der Waals surface area contributed by atoms with Gasteiger partial charge in [0, 0.05) is 11.6 Å². The SMILES string of the molecule is Cc1c(C)c2c(c(C)c1OP(=O)(O)OCC(OP(=O)(O)O)c1ccccc1[N+](=O)[O-])CCC(C)(CCCC(C)CCCC(C)CCCC(C)C)O2. The molecule has 0 aliphatic carbocycles. The highest BCUT2D eigenvalue weighted by Crippen LogP contribution is 2.52. The van der Waals surface area contributed by atoms with Gasteiger partial charge in [-0.25, -0.2) is 9.13 Å². The van der Waals surface area contributed by atoms with Crippen LogP contribution in [-0.4, -0.2) is 31.8 Å². The number of rotatable bonds is 21. The van der Waals surface area contributed by atoms with Gasteiger partial charge in [0.05, 0.1) is 17.1 Å². The van der Waals surface area contributed by atoms with Crippen LogP contribution < -0.4 is 9.26 Å². The lowest BCUT2D eigenvalue weighted by atomic mass is 9.84. The van der Waals surface area contributed by atoms with E-state index in [-0.39, 0.29) is 16.9 Å². The van der Waals surface area contributed by atoms with Gasteiger partial charge in [-0.05, 0) is 93.9 Å². The topological polar surface area (TPSA) is 175 Å². The van der Waals surface area contributed by atoms with Crippen LogP contribution in [-0.2, 0) is 24.6 Å². The van der Waals surface area contributed by atoms with E-state index in [0.717, 1.165) is 60.5 Å². The summed E-state index contributed by atoms with van der Waals surface area (Å²) in [6, 6.07) is 5.11. The lowest BCUT2D eigenvalue weighted by Crippen LogP contribution is -2.37. The maximum Gasteiger partial charge on any atom is 0.527 e. The Morgan fingerprint density at radius 1 is 0.902 bits per heavy atom. The highest BCUT2D eigenvalue weighted by Gasteiger charge is 2.37. The first kappa shape index (κ1) is 43.1. The van der Waals surface area contributed by atoms with Crippen molar-refractivity contribution in [2.45, 2.75) is 138 Å². The first-order valence-corrected chi connectivity index (χ1v) is 21.2. The molecule has 3 rings (SSSR count). The van der Waals surface area contributed by atoms with Crippen LogP contribution in [0, 0.1) is 48.6 Å². The number of hydrogen-bond donors (Lipinski definition) is 3. The minimum absolute atomic E-state index is 0.144. The molecule has 5 atom stereocenters. The number of ether oxygens (including phenoxy) is 1. The molecule has 1 heterocycles. The number of nitro groups is 1. The van der Waals surface area contributed by atoms with E-state index in [1.807, 2.05) is 6.92 Å². The molecule has 1 aliphatic heterocycles. The summed E-state index contributed by atoms with van der Waals surface area (Å²) in [5.74, 6) is 3.13. The maximum atomic E-state index is 13.2. The zero-order valence-electron chi connectivity index (χ0n) is 31.6. The van der Waals surface area contributed by atoms with Gasteiger partial charge < -0.3 is 19.0 Å². The standard InChI is InChI=1S/C37H59NO11P2/c1-25(2)14-11-15-26(3)16-12-17-27(4)18-13-22-37(8)23-21-31-30(7)35(28(5)29(6)36(31)47-37)49-51(44,45)46-24-34(48-50(41,42)43)32-19-9-10-20-33(32)38(39)40/h9-10,19-20,25-27,34H,11-18,21-24H2,1-8H3,(H,44,45)(H2,41,42,43). The molecule has 0 saturated carbocycles. The van der Waals surface area contributed by atoms with E-state index in [0.29, 0.717) is 23.5 Å². The summed E-state index contributed by atoms with van der Waals surface area (Å²) in [7, 11) is -10.1. The number of hydrogen-bond acceptors (Lipinski definition) is 8. The second-order valence-electron chi connectivity index (χ2n) is 15.2. The summed E-state index contributed by atoms with van der Waals surface area (Å²) in [5.41, 5.74) is 1.78. The Bertz CT molecular complexity index is 1580. The predicted molar refractivity (Wildman–Crippen MR) is 198 cm³/mol. The third kappa shape index (κ3) is 13.3. The molecule has 12 nitrogen and oxygen atoms in total. The van der Waals surface area contributed by atoms with E-state index in [1.54, 1.807) is 13.8 Å². The molecule has 51 heavy (non-hydrogen) atoms. The van der Waals surface area contributed by atoms with Crippen molar-refractivity contribution in [2.75, 3.05) is 6.61 Å². The van der Waals surface area contributed by atoms with E-state index >= 15 is 0 Å². The van der Waals surface area contributed by atoms with E-state index < -0.39 is 39.0 Å². The molecule has 0 radical (unpaired) electrons. The summed E-state index contributed by atoms with van der Waals surface area (Å²) >= 11 is 0. The summed E-state index contributed by atoms with van der Waals surface area (Å²) in [6.07, 6.45) is 10.6. The van der Waals surface area contributed by atoms with Gasteiger partial charge in [0.1, 0.15) is 23.2 Å². The van der Waals surface area contributed by atoms with Crippen LogP contribution in [0.5, 0.6) is 11.5 Å². The number of nitrogens with zero attached hydrogens (tertiary/aromatic N) is 1. The predicted octanol–water partition coefficient (Wildman–Crippen LogP) is 10.4. The lowest BCUT2D eigenvalue weighted by molar-refractivity contribution is -0.386. The fourth-order valence-electron chi connectivity index (χ4n) is 6.97. The van der Waals surface area contributed by atoms with Crippen LogP contribution in [0.4, 0.5) is 5.69 Å². The minimum atomic E-state index is -5.19. The number of nitro benzene ring substituents is 1. The quantitative estimate of drug-likeness (QED) is 0.0628. The lowest BCUT2D eigenvalue weighted by Gasteiger charge is -2.38. The van der Waals surface area contributed by atoms with Gasteiger partial charge >= 0.3 is 15.6 Å². The number of phosphoric acid groups is 2. The zero-order valence-corrected chi connectivity index (χ0v) is 33.3. The third-order valence-corrected chi connectivity index (χ3v) is 11.6. The van der Waals surface area contributed by atoms with Gasteiger partial charge in [-0.1, -0.05) is 84.8 Å². The van der Waals surface area contributed by atoms with Crippen molar-refractivity contribution in [3.05, 3.63) is 62.2 Å². The number of benzene rings is 2. The molecule has 0 saturated heterocycles. The highest BCUT2D eigenvalue weighted by atomic mass is 31.2. The molecule has 0 bridgehead atoms.